The van der Waals surface area contributed by atoms with E-state index in [2.05, 4.69) is 34.9 Å². The molecule has 0 aromatic heterocycles. The predicted octanol–water partition coefficient (Wildman–Crippen LogP) is 5.08. The Morgan fingerprint density at radius 2 is 1.14 bits per heavy atom. The SMILES string of the molecule is CCCC1CCC(=NNC(=O)CCCC(=O)NN=C2CCC(CCC)CC2)CC1. The van der Waals surface area contributed by atoms with Crippen LogP contribution in [-0.2, 0) is 9.59 Å². The molecule has 29 heavy (non-hydrogen) atoms. The van der Waals surface area contributed by atoms with Crippen LogP contribution in [0.25, 0.3) is 0 Å². The van der Waals surface area contributed by atoms with Crippen LogP contribution in [0.1, 0.15) is 110 Å². The molecule has 0 saturated heterocycles. The Morgan fingerprint density at radius 3 is 1.48 bits per heavy atom. The smallest absolute Gasteiger partial charge is 0.240 e. The van der Waals surface area contributed by atoms with Crippen molar-refractivity contribution in [2.75, 3.05) is 0 Å². The fourth-order valence-electron chi connectivity index (χ4n) is 4.44. The van der Waals surface area contributed by atoms with Crippen LogP contribution in [0.3, 0.4) is 0 Å². The second-order valence-electron chi connectivity index (χ2n) is 8.74. The number of nitrogens with one attached hydrogen (secondary N) is 2. The summed E-state index contributed by atoms with van der Waals surface area (Å²) in [5.41, 5.74) is 7.53. The Labute approximate surface area is 176 Å². The number of carbonyl (C=O) groups excluding carboxylic acids is 2. The van der Waals surface area contributed by atoms with E-state index in [0.717, 1.165) is 48.9 Å². The van der Waals surface area contributed by atoms with Crippen molar-refractivity contribution in [1.82, 2.24) is 10.9 Å². The molecule has 2 saturated carbocycles. The highest BCUT2D eigenvalue weighted by Crippen LogP contribution is 2.26. The molecule has 2 fully saturated rings. The third kappa shape index (κ3) is 9.55. The summed E-state index contributed by atoms with van der Waals surface area (Å²) in [5, 5.41) is 8.57. The molecule has 0 heterocycles. The largest absolute Gasteiger partial charge is 0.273 e. The topological polar surface area (TPSA) is 82.9 Å². The number of carbonyl (C=O) groups is 2. The van der Waals surface area contributed by atoms with E-state index in [1.807, 2.05) is 0 Å². The number of hydrazone groups is 2. The molecule has 2 amide bonds. The van der Waals surface area contributed by atoms with E-state index < -0.39 is 0 Å². The Balaban J connectivity index is 1.55. The van der Waals surface area contributed by atoms with Crippen LogP contribution in [0, 0.1) is 11.8 Å². The third-order valence-corrected chi connectivity index (χ3v) is 6.24. The molecule has 0 aromatic rings. The maximum absolute atomic E-state index is 11.9. The number of amides is 2. The summed E-state index contributed by atoms with van der Waals surface area (Å²) in [6, 6.07) is 0. The molecule has 164 valence electrons. The molecule has 2 rings (SSSR count). The van der Waals surface area contributed by atoms with Crippen LogP contribution in [0.2, 0.25) is 0 Å². The molecule has 0 radical (unpaired) electrons. The van der Waals surface area contributed by atoms with Gasteiger partial charge >= 0.3 is 0 Å². The van der Waals surface area contributed by atoms with Gasteiger partial charge < -0.3 is 0 Å². The Morgan fingerprint density at radius 1 is 0.759 bits per heavy atom. The van der Waals surface area contributed by atoms with Gasteiger partial charge in [0.1, 0.15) is 0 Å². The zero-order valence-corrected chi connectivity index (χ0v) is 18.5. The number of nitrogens with zero attached hydrogens (tertiary/aromatic N) is 2. The van der Waals surface area contributed by atoms with Crippen LogP contribution < -0.4 is 10.9 Å². The normalized spacial score (nSPS) is 22.1. The molecule has 2 aliphatic carbocycles. The van der Waals surface area contributed by atoms with E-state index in [-0.39, 0.29) is 11.8 Å². The summed E-state index contributed by atoms with van der Waals surface area (Å²) >= 11 is 0. The lowest BCUT2D eigenvalue weighted by Gasteiger charge is -2.22. The standard InChI is InChI=1S/C23H40N4O2/c1-3-6-18-10-14-20(15-11-18)24-26-22(28)8-5-9-23(29)27-25-21-16-12-19(7-4-2)13-17-21/h18-19H,3-17H2,1-2H3,(H,26,28)(H,27,29). The maximum atomic E-state index is 11.9. The lowest BCUT2D eigenvalue weighted by molar-refractivity contribution is -0.122. The predicted molar refractivity (Wildman–Crippen MR) is 119 cm³/mol. The number of hydrogen-bond acceptors (Lipinski definition) is 4. The van der Waals surface area contributed by atoms with Crippen molar-refractivity contribution in [2.45, 2.75) is 110 Å². The fourth-order valence-corrected chi connectivity index (χ4v) is 4.44. The first-order valence-electron chi connectivity index (χ1n) is 11.8. The molecule has 0 unspecified atom stereocenters. The van der Waals surface area contributed by atoms with Gasteiger partial charge in [0.25, 0.3) is 0 Å². The van der Waals surface area contributed by atoms with E-state index in [4.69, 9.17) is 0 Å². The monoisotopic (exact) mass is 404 g/mol. The molecular formula is C23H40N4O2. The summed E-state index contributed by atoms with van der Waals surface area (Å²) in [6.45, 7) is 4.46. The minimum absolute atomic E-state index is 0.110. The lowest BCUT2D eigenvalue weighted by atomic mass is 9.85. The quantitative estimate of drug-likeness (QED) is 0.498. The van der Waals surface area contributed by atoms with Gasteiger partial charge in [-0.3, -0.25) is 9.59 Å². The van der Waals surface area contributed by atoms with Gasteiger partial charge in [0, 0.05) is 24.3 Å². The van der Waals surface area contributed by atoms with Gasteiger partial charge in [-0.15, -0.1) is 0 Å². The number of rotatable bonds is 10. The maximum Gasteiger partial charge on any atom is 0.240 e. The molecular weight excluding hydrogens is 364 g/mol. The first-order chi connectivity index (χ1) is 14.1. The molecule has 0 bridgehead atoms. The van der Waals surface area contributed by atoms with Gasteiger partial charge in [-0.2, -0.15) is 10.2 Å². The van der Waals surface area contributed by atoms with Crippen molar-refractivity contribution in [3.63, 3.8) is 0 Å². The average Bonchev–Trinajstić information content (AvgIpc) is 2.73. The van der Waals surface area contributed by atoms with E-state index in [0.29, 0.717) is 19.3 Å². The molecule has 6 nitrogen and oxygen atoms in total. The van der Waals surface area contributed by atoms with Gasteiger partial charge in [-0.05, 0) is 69.6 Å². The van der Waals surface area contributed by atoms with Crippen molar-refractivity contribution >= 4 is 23.2 Å². The van der Waals surface area contributed by atoms with E-state index in [1.165, 1.54) is 51.4 Å². The highest BCUT2D eigenvalue weighted by atomic mass is 16.2. The Hall–Kier alpha value is -1.72. The summed E-state index contributed by atoms with van der Waals surface area (Å²) in [5.74, 6) is 1.43. The highest BCUT2D eigenvalue weighted by Gasteiger charge is 2.18. The van der Waals surface area contributed by atoms with Gasteiger partial charge in [-0.1, -0.05) is 39.5 Å². The zero-order chi connectivity index (χ0) is 20.9. The van der Waals surface area contributed by atoms with Gasteiger partial charge in [0.2, 0.25) is 11.8 Å². The van der Waals surface area contributed by atoms with E-state index >= 15 is 0 Å². The van der Waals surface area contributed by atoms with E-state index in [9.17, 15) is 9.59 Å². The van der Waals surface area contributed by atoms with Crippen LogP contribution in [0.15, 0.2) is 10.2 Å². The van der Waals surface area contributed by atoms with Gasteiger partial charge in [-0.25, -0.2) is 10.9 Å². The molecule has 6 heteroatoms. The van der Waals surface area contributed by atoms with Crippen molar-refractivity contribution in [1.29, 1.82) is 0 Å². The minimum atomic E-state index is -0.110. The molecule has 0 spiro atoms. The molecule has 0 aliphatic heterocycles. The van der Waals surface area contributed by atoms with Crippen LogP contribution in [0.4, 0.5) is 0 Å². The molecule has 2 aliphatic rings. The Bertz CT molecular complexity index is 515. The zero-order valence-electron chi connectivity index (χ0n) is 18.5. The second-order valence-corrected chi connectivity index (χ2v) is 8.74. The van der Waals surface area contributed by atoms with Gasteiger partial charge in [0.05, 0.1) is 0 Å². The minimum Gasteiger partial charge on any atom is -0.273 e. The summed E-state index contributed by atoms with van der Waals surface area (Å²) < 4.78 is 0. The Kier molecular flexibility index (Phi) is 11.0. The number of hydrogen-bond donors (Lipinski definition) is 2. The van der Waals surface area contributed by atoms with Gasteiger partial charge in [0.15, 0.2) is 0 Å². The van der Waals surface area contributed by atoms with E-state index in [1.54, 1.807) is 0 Å². The van der Waals surface area contributed by atoms with Crippen molar-refractivity contribution in [3.8, 4) is 0 Å². The lowest BCUT2D eigenvalue weighted by Crippen LogP contribution is -2.24. The first-order valence-corrected chi connectivity index (χ1v) is 11.8. The highest BCUT2D eigenvalue weighted by molar-refractivity contribution is 5.88. The first kappa shape index (κ1) is 23.6. The fraction of sp³-hybridized carbons (Fsp3) is 0.826. The third-order valence-electron chi connectivity index (χ3n) is 6.24. The summed E-state index contributed by atoms with van der Waals surface area (Å²) in [7, 11) is 0. The second kappa shape index (κ2) is 13.5. The summed E-state index contributed by atoms with van der Waals surface area (Å²) in [6.07, 6.45) is 14.9. The summed E-state index contributed by atoms with van der Waals surface area (Å²) in [4.78, 5) is 23.9. The van der Waals surface area contributed by atoms with Crippen LogP contribution >= 0.6 is 0 Å². The molecule has 0 aromatic carbocycles. The van der Waals surface area contributed by atoms with Crippen molar-refractivity contribution in [3.05, 3.63) is 0 Å². The average molecular weight is 405 g/mol. The molecule has 2 N–H and O–H groups in total. The van der Waals surface area contributed by atoms with Crippen molar-refractivity contribution < 1.29 is 9.59 Å². The molecule has 0 atom stereocenters. The van der Waals surface area contributed by atoms with Crippen LogP contribution in [0.5, 0.6) is 0 Å². The van der Waals surface area contributed by atoms with Crippen molar-refractivity contribution in [2.24, 2.45) is 22.0 Å². The van der Waals surface area contributed by atoms with Crippen LogP contribution in [-0.4, -0.2) is 23.2 Å².